The van der Waals surface area contributed by atoms with Crippen molar-refractivity contribution in [2.24, 2.45) is 0 Å². The molecule has 124 valence electrons. The fraction of sp³-hybridized carbons (Fsp3) is 0.529. The van der Waals surface area contributed by atoms with E-state index in [1.807, 2.05) is 6.07 Å². The van der Waals surface area contributed by atoms with Gasteiger partial charge in [0.15, 0.2) is 0 Å². The summed E-state index contributed by atoms with van der Waals surface area (Å²) in [6.07, 6.45) is 0.375. The highest BCUT2D eigenvalue weighted by Gasteiger charge is 2.62. The molecule has 4 nitrogen and oxygen atoms in total. The number of amides is 1. The van der Waals surface area contributed by atoms with Gasteiger partial charge >= 0.3 is 5.92 Å². The van der Waals surface area contributed by atoms with E-state index in [1.54, 1.807) is 38.1 Å². The first-order valence-corrected chi connectivity index (χ1v) is 7.68. The SMILES string of the molecule is CCN(C(=O)C(F)(F)C1(O)CCC1)C(C)c1ccc(C#N)cc1. The summed E-state index contributed by atoms with van der Waals surface area (Å²) >= 11 is 0. The van der Waals surface area contributed by atoms with Gasteiger partial charge in [0.2, 0.25) is 0 Å². The molecular formula is C17H20F2N2O2. The van der Waals surface area contributed by atoms with Gasteiger partial charge in [-0.15, -0.1) is 0 Å². The molecule has 6 heteroatoms. The molecule has 0 spiro atoms. The molecule has 1 saturated carbocycles. The van der Waals surface area contributed by atoms with Crippen LogP contribution in [0.25, 0.3) is 0 Å². The Labute approximate surface area is 134 Å². The summed E-state index contributed by atoms with van der Waals surface area (Å²) in [6, 6.07) is 7.88. The van der Waals surface area contributed by atoms with Gasteiger partial charge in [0.25, 0.3) is 5.91 Å². The molecule has 1 aliphatic carbocycles. The van der Waals surface area contributed by atoms with Crippen molar-refractivity contribution in [1.29, 1.82) is 5.26 Å². The van der Waals surface area contributed by atoms with Crippen LogP contribution in [0.1, 0.15) is 50.3 Å². The molecule has 0 saturated heterocycles. The average molecular weight is 322 g/mol. The molecule has 1 aromatic rings. The van der Waals surface area contributed by atoms with E-state index in [9.17, 15) is 18.7 Å². The lowest BCUT2D eigenvalue weighted by Gasteiger charge is -2.44. The predicted octanol–water partition coefficient (Wildman–Crippen LogP) is 3.02. The van der Waals surface area contributed by atoms with Crippen molar-refractivity contribution in [3.8, 4) is 6.07 Å². The minimum absolute atomic E-state index is 0.0610. The minimum Gasteiger partial charge on any atom is -0.383 e. The third kappa shape index (κ3) is 2.93. The van der Waals surface area contributed by atoms with Gasteiger partial charge in [0.05, 0.1) is 17.7 Å². The summed E-state index contributed by atoms with van der Waals surface area (Å²) in [6.45, 7) is 3.38. The Morgan fingerprint density at radius 2 is 2.00 bits per heavy atom. The summed E-state index contributed by atoms with van der Waals surface area (Å²) in [7, 11) is 0. The number of nitriles is 1. The standard InChI is InChI=1S/C17H20F2N2O2/c1-3-21(12(2)14-7-5-13(11-20)6-8-14)15(22)17(18,19)16(23)9-4-10-16/h5-8,12,23H,3-4,9-10H2,1-2H3. The summed E-state index contributed by atoms with van der Waals surface area (Å²) in [5, 5.41) is 18.7. The van der Waals surface area contributed by atoms with Gasteiger partial charge in [-0.1, -0.05) is 12.1 Å². The van der Waals surface area contributed by atoms with Gasteiger partial charge in [-0.3, -0.25) is 4.79 Å². The normalized spacial score (nSPS) is 17.7. The van der Waals surface area contributed by atoms with Crippen molar-refractivity contribution >= 4 is 5.91 Å². The highest BCUT2D eigenvalue weighted by Crippen LogP contribution is 2.45. The zero-order valence-corrected chi connectivity index (χ0v) is 13.2. The number of aliphatic hydroxyl groups is 1. The van der Waals surface area contributed by atoms with Gasteiger partial charge in [0.1, 0.15) is 5.60 Å². The van der Waals surface area contributed by atoms with Crippen LogP contribution in [0.4, 0.5) is 8.78 Å². The second-order valence-corrected chi connectivity index (χ2v) is 5.96. The van der Waals surface area contributed by atoms with Crippen LogP contribution in [-0.4, -0.2) is 34.0 Å². The lowest BCUT2D eigenvalue weighted by Crippen LogP contribution is -2.61. The Kier molecular flexibility index (Phi) is 4.71. The summed E-state index contributed by atoms with van der Waals surface area (Å²) in [5.41, 5.74) is -1.10. The van der Waals surface area contributed by atoms with Crippen LogP contribution in [0.3, 0.4) is 0 Å². The molecule has 0 bridgehead atoms. The summed E-state index contributed by atoms with van der Waals surface area (Å²) < 4.78 is 28.8. The number of rotatable bonds is 5. The summed E-state index contributed by atoms with van der Waals surface area (Å²) in [4.78, 5) is 13.4. The molecule has 1 aromatic carbocycles. The van der Waals surface area contributed by atoms with Gasteiger partial charge in [-0.05, 0) is 50.8 Å². The molecule has 1 N–H and O–H groups in total. The zero-order valence-electron chi connectivity index (χ0n) is 13.2. The van der Waals surface area contributed by atoms with Crippen LogP contribution in [0.15, 0.2) is 24.3 Å². The van der Waals surface area contributed by atoms with Crippen LogP contribution in [0.5, 0.6) is 0 Å². The molecule has 0 heterocycles. The Morgan fingerprint density at radius 1 is 1.43 bits per heavy atom. The van der Waals surface area contributed by atoms with E-state index < -0.39 is 23.5 Å². The smallest absolute Gasteiger partial charge is 0.352 e. The summed E-state index contributed by atoms with van der Waals surface area (Å²) in [5.74, 6) is -5.14. The maximum Gasteiger partial charge on any atom is 0.352 e. The van der Waals surface area contributed by atoms with Crippen molar-refractivity contribution in [2.75, 3.05) is 6.54 Å². The predicted molar refractivity (Wildman–Crippen MR) is 80.7 cm³/mol. The first kappa shape index (κ1) is 17.4. The van der Waals surface area contributed by atoms with Crippen molar-refractivity contribution in [2.45, 2.75) is 50.7 Å². The molecule has 1 amide bonds. The Hall–Kier alpha value is -2.00. The molecule has 1 atom stereocenters. The molecule has 23 heavy (non-hydrogen) atoms. The van der Waals surface area contributed by atoms with E-state index in [0.29, 0.717) is 17.5 Å². The third-order valence-corrected chi connectivity index (χ3v) is 4.63. The quantitative estimate of drug-likeness (QED) is 0.906. The van der Waals surface area contributed by atoms with E-state index in [4.69, 9.17) is 5.26 Å². The molecule has 2 rings (SSSR count). The number of hydrogen-bond donors (Lipinski definition) is 1. The van der Waals surface area contributed by atoms with E-state index in [1.165, 1.54) is 0 Å². The fourth-order valence-corrected chi connectivity index (χ4v) is 2.81. The minimum atomic E-state index is -3.79. The van der Waals surface area contributed by atoms with Gasteiger partial charge in [-0.2, -0.15) is 14.0 Å². The second-order valence-electron chi connectivity index (χ2n) is 5.96. The maximum atomic E-state index is 14.4. The Morgan fingerprint density at radius 3 is 2.39 bits per heavy atom. The number of benzene rings is 1. The van der Waals surface area contributed by atoms with E-state index in [-0.39, 0.29) is 19.4 Å². The molecule has 0 aromatic heterocycles. The number of carbonyl (C=O) groups is 1. The van der Waals surface area contributed by atoms with Gasteiger partial charge in [-0.25, -0.2) is 0 Å². The molecule has 1 unspecified atom stereocenters. The molecular weight excluding hydrogens is 302 g/mol. The number of hydrogen-bond acceptors (Lipinski definition) is 3. The Balaban J connectivity index is 2.23. The molecule has 0 aliphatic heterocycles. The monoisotopic (exact) mass is 322 g/mol. The maximum absolute atomic E-state index is 14.4. The average Bonchev–Trinajstić information content (AvgIpc) is 2.52. The first-order chi connectivity index (χ1) is 10.8. The van der Waals surface area contributed by atoms with Crippen LogP contribution in [0, 0.1) is 11.3 Å². The number of carbonyl (C=O) groups excluding carboxylic acids is 1. The zero-order chi connectivity index (χ0) is 17.3. The van der Waals surface area contributed by atoms with Crippen LogP contribution in [-0.2, 0) is 4.79 Å². The first-order valence-electron chi connectivity index (χ1n) is 7.68. The van der Waals surface area contributed by atoms with E-state index >= 15 is 0 Å². The lowest BCUT2D eigenvalue weighted by atomic mass is 9.75. The van der Waals surface area contributed by atoms with E-state index in [0.717, 1.165) is 4.90 Å². The largest absolute Gasteiger partial charge is 0.383 e. The topological polar surface area (TPSA) is 64.3 Å². The molecule has 1 aliphatic rings. The number of alkyl halides is 2. The highest BCUT2D eigenvalue weighted by molar-refractivity contribution is 5.85. The van der Waals surface area contributed by atoms with Crippen LogP contribution in [0.2, 0.25) is 0 Å². The van der Waals surface area contributed by atoms with Gasteiger partial charge < -0.3 is 10.0 Å². The third-order valence-electron chi connectivity index (χ3n) is 4.63. The fourth-order valence-electron chi connectivity index (χ4n) is 2.81. The van der Waals surface area contributed by atoms with Crippen LogP contribution < -0.4 is 0 Å². The lowest BCUT2D eigenvalue weighted by molar-refractivity contribution is -0.224. The number of halogens is 2. The van der Waals surface area contributed by atoms with E-state index in [2.05, 4.69) is 0 Å². The Bertz CT molecular complexity index is 618. The molecule has 0 radical (unpaired) electrons. The van der Waals surface area contributed by atoms with Gasteiger partial charge in [0, 0.05) is 6.54 Å². The van der Waals surface area contributed by atoms with Crippen molar-refractivity contribution in [1.82, 2.24) is 4.90 Å². The molecule has 1 fully saturated rings. The van der Waals surface area contributed by atoms with Crippen molar-refractivity contribution in [3.63, 3.8) is 0 Å². The van der Waals surface area contributed by atoms with Crippen molar-refractivity contribution in [3.05, 3.63) is 35.4 Å². The van der Waals surface area contributed by atoms with Crippen LogP contribution >= 0.6 is 0 Å². The highest BCUT2D eigenvalue weighted by atomic mass is 19.3. The second kappa shape index (κ2) is 6.25. The number of nitrogens with zero attached hydrogens (tertiary/aromatic N) is 2. The van der Waals surface area contributed by atoms with Crippen molar-refractivity contribution < 1.29 is 18.7 Å².